The van der Waals surface area contributed by atoms with E-state index in [-0.39, 0.29) is 5.75 Å². The summed E-state index contributed by atoms with van der Waals surface area (Å²) in [5.41, 5.74) is 1.84. The molecule has 1 fully saturated rings. The summed E-state index contributed by atoms with van der Waals surface area (Å²) in [4.78, 5) is 18.9. The van der Waals surface area contributed by atoms with Crippen molar-refractivity contribution in [3.8, 4) is 11.5 Å². The minimum absolute atomic E-state index is 0.229. The third kappa shape index (κ3) is 3.33. The SMILES string of the molecule is COc1ccc(OC(=O)Nc2c(C)noc2C)c2oc(N3CCOCC3)nc12. The normalized spacial score (nSPS) is 14.3. The number of hydrogen-bond donors (Lipinski definition) is 1. The van der Waals surface area contributed by atoms with Gasteiger partial charge in [0.15, 0.2) is 17.0 Å². The molecule has 0 bridgehead atoms. The molecule has 3 aromatic rings. The van der Waals surface area contributed by atoms with Crippen LogP contribution in [0, 0.1) is 13.8 Å². The van der Waals surface area contributed by atoms with Crippen LogP contribution in [-0.2, 0) is 4.74 Å². The Balaban J connectivity index is 1.63. The monoisotopic (exact) mass is 388 g/mol. The number of hydrogen-bond acceptors (Lipinski definition) is 9. The number of anilines is 2. The quantitative estimate of drug-likeness (QED) is 0.721. The lowest BCUT2D eigenvalue weighted by Gasteiger charge is -2.24. The molecule has 0 atom stereocenters. The van der Waals surface area contributed by atoms with Crippen LogP contribution in [0.4, 0.5) is 16.5 Å². The van der Waals surface area contributed by atoms with Gasteiger partial charge in [-0.15, -0.1) is 0 Å². The highest BCUT2D eigenvalue weighted by Gasteiger charge is 2.23. The molecular formula is C18H20N4O6. The Hall–Kier alpha value is -3.27. The molecule has 1 aliphatic heterocycles. The summed E-state index contributed by atoms with van der Waals surface area (Å²) >= 11 is 0. The Bertz CT molecular complexity index is 986. The number of rotatable bonds is 4. The van der Waals surface area contributed by atoms with Gasteiger partial charge in [0.05, 0.1) is 20.3 Å². The van der Waals surface area contributed by atoms with Gasteiger partial charge in [-0.05, 0) is 26.0 Å². The number of aryl methyl sites for hydroxylation is 2. The summed E-state index contributed by atoms with van der Waals surface area (Å²) in [7, 11) is 1.54. The first-order valence-electron chi connectivity index (χ1n) is 8.78. The van der Waals surface area contributed by atoms with E-state index in [4.69, 9.17) is 23.2 Å². The third-order valence-corrected chi connectivity index (χ3v) is 4.42. The number of methoxy groups -OCH3 is 1. The minimum atomic E-state index is -0.690. The van der Waals surface area contributed by atoms with E-state index in [1.165, 1.54) is 0 Å². The largest absolute Gasteiger partial charge is 0.494 e. The molecule has 1 amide bonds. The van der Waals surface area contributed by atoms with Gasteiger partial charge in [-0.1, -0.05) is 5.16 Å². The summed E-state index contributed by atoms with van der Waals surface area (Å²) in [5.74, 6) is 1.24. The van der Waals surface area contributed by atoms with Crippen molar-refractivity contribution in [2.24, 2.45) is 0 Å². The van der Waals surface area contributed by atoms with Crippen LogP contribution in [0.25, 0.3) is 11.1 Å². The summed E-state index contributed by atoms with van der Waals surface area (Å²) in [5, 5.41) is 6.43. The minimum Gasteiger partial charge on any atom is -0.494 e. The maximum Gasteiger partial charge on any atom is 0.417 e. The van der Waals surface area contributed by atoms with Gasteiger partial charge in [0.1, 0.15) is 17.1 Å². The van der Waals surface area contributed by atoms with Crippen molar-refractivity contribution in [3.63, 3.8) is 0 Å². The Labute approximate surface area is 160 Å². The number of carbonyl (C=O) groups excluding carboxylic acids is 1. The Kier molecular flexibility index (Phi) is 4.78. The molecule has 4 rings (SSSR count). The number of benzene rings is 1. The Morgan fingerprint density at radius 3 is 2.64 bits per heavy atom. The molecule has 10 heteroatoms. The highest BCUT2D eigenvalue weighted by atomic mass is 16.6. The number of nitrogens with zero attached hydrogens (tertiary/aromatic N) is 3. The predicted octanol–water partition coefficient (Wildman–Crippen LogP) is 2.89. The molecule has 2 aromatic heterocycles. The summed E-state index contributed by atoms with van der Waals surface area (Å²) < 4.78 is 27.1. The van der Waals surface area contributed by atoms with Crippen LogP contribution in [0.3, 0.4) is 0 Å². The zero-order chi connectivity index (χ0) is 19.7. The van der Waals surface area contributed by atoms with Gasteiger partial charge < -0.3 is 28.1 Å². The van der Waals surface area contributed by atoms with E-state index in [0.29, 0.717) is 66.3 Å². The van der Waals surface area contributed by atoms with Crippen molar-refractivity contribution in [1.82, 2.24) is 10.1 Å². The zero-order valence-electron chi connectivity index (χ0n) is 15.8. The molecule has 0 spiro atoms. The van der Waals surface area contributed by atoms with E-state index in [1.54, 1.807) is 33.1 Å². The number of fused-ring (bicyclic) bond motifs is 1. The molecule has 1 N–H and O–H groups in total. The van der Waals surface area contributed by atoms with E-state index < -0.39 is 6.09 Å². The van der Waals surface area contributed by atoms with Crippen LogP contribution in [0.1, 0.15) is 11.5 Å². The molecule has 0 radical (unpaired) electrons. The van der Waals surface area contributed by atoms with Gasteiger partial charge >= 0.3 is 6.09 Å². The average Bonchev–Trinajstić information content (AvgIpc) is 3.29. The van der Waals surface area contributed by atoms with Crippen molar-refractivity contribution in [3.05, 3.63) is 23.6 Å². The molecule has 0 unspecified atom stereocenters. The lowest BCUT2D eigenvalue weighted by molar-refractivity contribution is 0.120. The Morgan fingerprint density at radius 2 is 1.96 bits per heavy atom. The first-order chi connectivity index (χ1) is 13.6. The van der Waals surface area contributed by atoms with Crippen molar-refractivity contribution in [2.45, 2.75) is 13.8 Å². The van der Waals surface area contributed by atoms with Crippen LogP contribution in [0.15, 0.2) is 21.1 Å². The van der Waals surface area contributed by atoms with Crippen LogP contribution in [0.2, 0.25) is 0 Å². The van der Waals surface area contributed by atoms with E-state index >= 15 is 0 Å². The molecular weight excluding hydrogens is 368 g/mol. The number of amides is 1. The van der Waals surface area contributed by atoms with Crippen LogP contribution < -0.4 is 19.7 Å². The number of aromatic nitrogens is 2. The van der Waals surface area contributed by atoms with Gasteiger partial charge in [0, 0.05) is 13.1 Å². The lowest BCUT2D eigenvalue weighted by Crippen LogP contribution is -2.36. The molecule has 0 aliphatic carbocycles. The molecule has 1 aromatic carbocycles. The standard InChI is InChI=1S/C18H20N4O6/c1-10-14(11(2)28-21-10)20-18(23)26-13-5-4-12(24-3)15-16(13)27-17(19-15)22-6-8-25-9-7-22/h4-5H,6-9H2,1-3H3,(H,20,23). The van der Waals surface area contributed by atoms with E-state index in [9.17, 15) is 4.79 Å². The lowest BCUT2D eigenvalue weighted by atomic mass is 10.3. The second kappa shape index (κ2) is 7.39. The zero-order valence-corrected chi connectivity index (χ0v) is 15.8. The second-order valence-electron chi connectivity index (χ2n) is 6.25. The molecule has 1 saturated heterocycles. The predicted molar refractivity (Wildman–Crippen MR) is 99.2 cm³/mol. The van der Waals surface area contributed by atoms with Crippen LogP contribution >= 0.6 is 0 Å². The third-order valence-electron chi connectivity index (χ3n) is 4.42. The van der Waals surface area contributed by atoms with Crippen molar-refractivity contribution >= 4 is 28.9 Å². The van der Waals surface area contributed by atoms with Crippen molar-refractivity contribution in [2.75, 3.05) is 43.6 Å². The topological polar surface area (TPSA) is 112 Å². The fourth-order valence-corrected chi connectivity index (χ4v) is 2.97. The number of ether oxygens (including phenoxy) is 3. The molecule has 0 saturated carbocycles. The second-order valence-corrected chi connectivity index (χ2v) is 6.25. The van der Waals surface area contributed by atoms with Crippen molar-refractivity contribution < 1.29 is 27.9 Å². The van der Waals surface area contributed by atoms with Gasteiger partial charge in [0.25, 0.3) is 6.01 Å². The highest BCUT2D eigenvalue weighted by molar-refractivity contribution is 5.92. The number of carbonyl (C=O) groups is 1. The smallest absolute Gasteiger partial charge is 0.417 e. The Morgan fingerprint density at radius 1 is 1.21 bits per heavy atom. The van der Waals surface area contributed by atoms with Crippen LogP contribution in [-0.4, -0.2) is 49.6 Å². The molecule has 3 heterocycles. The van der Waals surface area contributed by atoms with Gasteiger partial charge in [0.2, 0.25) is 5.58 Å². The average molecular weight is 388 g/mol. The van der Waals surface area contributed by atoms with Crippen molar-refractivity contribution in [1.29, 1.82) is 0 Å². The maximum absolute atomic E-state index is 12.4. The molecule has 1 aliphatic rings. The highest BCUT2D eigenvalue weighted by Crippen LogP contribution is 2.36. The summed E-state index contributed by atoms with van der Waals surface area (Å²) in [6.45, 7) is 5.95. The molecule has 10 nitrogen and oxygen atoms in total. The van der Waals surface area contributed by atoms with E-state index in [0.717, 1.165) is 0 Å². The fraction of sp³-hybridized carbons (Fsp3) is 0.389. The van der Waals surface area contributed by atoms with Gasteiger partial charge in [-0.2, -0.15) is 4.98 Å². The van der Waals surface area contributed by atoms with E-state index in [2.05, 4.69) is 15.5 Å². The number of nitrogens with one attached hydrogen (secondary N) is 1. The summed E-state index contributed by atoms with van der Waals surface area (Å²) in [6.07, 6.45) is -0.690. The fourth-order valence-electron chi connectivity index (χ4n) is 2.97. The summed E-state index contributed by atoms with van der Waals surface area (Å²) in [6, 6.07) is 3.70. The van der Waals surface area contributed by atoms with Gasteiger partial charge in [-0.25, -0.2) is 4.79 Å². The maximum atomic E-state index is 12.4. The van der Waals surface area contributed by atoms with Gasteiger partial charge in [-0.3, -0.25) is 5.32 Å². The van der Waals surface area contributed by atoms with E-state index in [1.807, 2.05) is 4.90 Å². The molecule has 148 valence electrons. The van der Waals surface area contributed by atoms with Crippen LogP contribution in [0.5, 0.6) is 11.5 Å². The first-order valence-corrected chi connectivity index (χ1v) is 8.78. The molecule has 28 heavy (non-hydrogen) atoms. The number of oxazole rings is 1. The first kappa shape index (κ1) is 18.1. The number of morpholine rings is 1.